The quantitative estimate of drug-likeness (QED) is 0.867. The highest BCUT2D eigenvalue weighted by Crippen LogP contribution is 2.23. The molecule has 0 unspecified atom stereocenters. The van der Waals surface area contributed by atoms with E-state index in [0.29, 0.717) is 19.5 Å². The van der Waals surface area contributed by atoms with Crippen molar-refractivity contribution in [3.05, 3.63) is 35.6 Å². The first-order valence-corrected chi connectivity index (χ1v) is 6.98. The van der Waals surface area contributed by atoms with Gasteiger partial charge in [0.05, 0.1) is 5.25 Å². The number of nitrogens with two attached hydrogens (primary N) is 1. The summed E-state index contributed by atoms with van der Waals surface area (Å²) in [6.07, 6.45) is 0.569. The highest BCUT2D eigenvalue weighted by Gasteiger charge is 2.37. The van der Waals surface area contributed by atoms with E-state index < -0.39 is 15.3 Å². The number of halogens is 1. The molecule has 0 bridgehead atoms. The summed E-state index contributed by atoms with van der Waals surface area (Å²) in [7, 11) is -3.27. The van der Waals surface area contributed by atoms with Gasteiger partial charge in [-0.1, -0.05) is 12.1 Å². The standard InChI is InChI=1S/C11H15FN2O2S/c12-10-3-1-9(2-4-10)8-14-6-5-11(7-13)17(14,15)16/h1-4,11H,5-8,13H2/t11-/m1/s1. The monoisotopic (exact) mass is 258 g/mol. The van der Waals surface area contributed by atoms with Crippen molar-refractivity contribution in [2.75, 3.05) is 13.1 Å². The van der Waals surface area contributed by atoms with Crippen molar-refractivity contribution in [3.63, 3.8) is 0 Å². The molecule has 1 fully saturated rings. The third-order valence-electron chi connectivity index (χ3n) is 3.02. The van der Waals surface area contributed by atoms with E-state index >= 15 is 0 Å². The predicted octanol–water partition coefficient (Wildman–Crippen LogP) is 0.688. The summed E-state index contributed by atoms with van der Waals surface area (Å²) in [5.41, 5.74) is 6.21. The Bertz CT molecular complexity index is 487. The molecule has 17 heavy (non-hydrogen) atoms. The zero-order valence-electron chi connectivity index (χ0n) is 9.34. The van der Waals surface area contributed by atoms with E-state index in [9.17, 15) is 12.8 Å². The first-order valence-electron chi connectivity index (χ1n) is 5.47. The van der Waals surface area contributed by atoms with Crippen molar-refractivity contribution in [3.8, 4) is 0 Å². The molecule has 2 N–H and O–H groups in total. The summed E-state index contributed by atoms with van der Waals surface area (Å²) in [6.45, 7) is 0.933. The number of hydrogen-bond donors (Lipinski definition) is 1. The van der Waals surface area contributed by atoms with Crippen molar-refractivity contribution in [2.45, 2.75) is 18.2 Å². The Balaban J connectivity index is 2.13. The molecule has 1 aromatic rings. The Labute approximate surface area is 100 Å². The topological polar surface area (TPSA) is 63.4 Å². The molecule has 1 aliphatic heterocycles. The normalized spacial score (nSPS) is 24.0. The highest BCUT2D eigenvalue weighted by molar-refractivity contribution is 7.90. The van der Waals surface area contributed by atoms with Crippen LogP contribution in [0.4, 0.5) is 4.39 Å². The number of nitrogens with zero attached hydrogens (tertiary/aromatic N) is 1. The summed E-state index contributed by atoms with van der Waals surface area (Å²) >= 11 is 0. The first-order chi connectivity index (χ1) is 8.04. The molecule has 1 aliphatic rings. The van der Waals surface area contributed by atoms with Crippen LogP contribution >= 0.6 is 0 Å². The molecule has 0 aliphatic carbocycles. The van der Waals surface area contributed by atoms with Crippen LogP contribution in [0.15, 0.2) is 24.3 Å². The smallest absolute Gasteiger partial charge is 0.218 e. The van der Waals surface area contributed by atoms with Gasteiger partial charge in [-0.2, -0.15) is 4.31 Å². The second-order valence-corrected chi connectivity index (χ2v) is 6.36. The molecule has 0 saturated carbocycles. The van der Waals surface area contributed by atoms with Gasteiger partial charge in [-0.05, 0) is 24.1 Å². The van der Waals surface area contributed by atoms with Crippen molar-refractivity contribution in [1.29, 1.82) is 0 Å². The minimum atomic E-state index is -3.27. The summed E-state index contributed by atoms with van der Waals surface area (Å²) in [5, 5.41) is -0.469. The lowest BCUT2D eigenvalue weighted by Crippen LogP contribution is -2.32. The molecule has 1 aromatic carbocycles. The van der Waals surface area contributed by atoms with Crippen LogP contribution in [0.5, 0.6) is 0 Å². The Kier molecular flexibility index (Phi) is 3.46. The molecule has 2 rings (SSSR count). The van der Waals surface area contributed by atoms with Crippen LogP contribution < -0.4 is 5.73 Å². The van der Waals surface area contributed by atoms with Gasteiger partial charge in [0.25, 0.3) is 0 Å². The highest BCUT2D eigenvalue weighted by atomic mass is 32.2. The van der Waals surface area contributed by atoms with Crippen LogP contribution in [-0.2, 0) is 16.6 Å². The largest absolute Gasteiger partial charge is 0.329 e. The minimum absolute atomic E-state index is 0.155. The van der Waals surface area contributed by atoms with Gasteiger partial charge >= 0.3 is 0 Å². The third kappa shape index (κ3) is 2.48. The molecule has 0 spiro atoms. The van der Waals surface area contributed by atoms with E-state index in [4.69, 9.17) is 5.73 Å². The molecule has 0 radical (unpaired) electrons. The molecule has 1 saturated heterocycles. The Morgan fingerprint density at radius 1 is 1.35 bits per heavy atom. The van der Waals surface area contributed by atoms with Crippen LogP contribution in [0.3, 0.4) is 0 Å². The molecule has 0 aromatic heterocycles. The van der Waals surface area contributed by atoms with Gasteiger partial charge in [0, 0.05) is 19.6 Å². The Morgan fingerprint density at radius 2 is 2.00 bits per heavy atom. The summed E-state index contributed by atoms with van der Waals surface area (Å²) in [4.78, 5) is 0. The minimum Gasteiger partial charge on any atom is -0.329 e. The zero-order chi connectivity index (χ0) is 12.5. The van der Waals surface area contributed by atoms with Crippen LogP contribution in [0.25, 0.3) is 0 Å². The summed E-state index contributed by atoms with van der Waals surface area (Å²) in [6, 6.07) is 5.86. The SMILES string of the molecule is NC[C@H]1CCN(Cc2ccc(F)cc2)S1(=O)=O. The van der Waals surface area contributed by atoms with E-state index in [2.05, 4.69) is 0 Å². The van der Waals surface area contributed by atoms with Crippen molar-refractivity contribution >= 4 is 10.0 Å². The van der Waals surface area contributed by atoms with E-state index in [0.717, 1.165) is 5.56 Å². The van der Waals surface area contributed by atoms with Gasteiger partial charge in [0.15, 0.2) is 0 Å². The van der Waals surface area contributed by atoms with Gasteiger partial charge in [0.2, 0.25) is 10.0 Å². The van der Waals surface area contributed by atoms with Crippen molar-refractivity contribution in [2.24, 2.45) is 5.73 Å². The maximum Gasteiger partial charge on any atom is 0.218 e. The maximum absolute atomic E-state index is 12.7. The van der Waals surface area contributed by atoms with Gasteiger partial charge < -0.3 is 5.73 Å². The number of sulfonamides is 1. The lowest BCUT2D eigenvalue weighted by molar-refractivity contribution is 0.439. The lowest BCUT2D eigenvalue weighted by Gasteiger charge is -2.16. The second-order valence-electron chi connectivity index (χ2n) is 4.15. The van der Waals surface area contributed by atoms with Gasteiger partial charge in [-0.25, -0.2) is 12.8 Å². The fraction of sp³-hybridized carbons (Fsp3) is 0.455. The average molecular weight is 258 g/mol. The summed E-state index contributed by atoms with van der Waals surface area (Å²) in [5.74, 6) is -0.321. The van der Waals surface area contributed by atoms with Crippen LogP contribution in [0.1, 0.15) is 12.0 Å². The van der Waals surface area contributed by atoms with E-state index in [1.54, 1.807) is 12.1 Å². The molecular formula is C11H15FN2O2S. The zero-order valence-corrected chi connectivity index (χ0v) is 10.2. The number of benzene rings is 1. The van der Waals surface area contributed by atoms with Gasteiger partial charge in [-0.15, -0.1) is 0 Å². The maximum atomic E-state index is 12.7. The van der Waals surface area contributed by atoms with E-state index in [1.807, 2.05) is 0 Å². The average Bonchev–Trinajstić information content (AvgIpc) is 2.57. The first kappa shape index (κ1) is 12.5. The number of rotatable bonds is 3. The lowest BCUT2D eigenvalue weighted by atomic mass is 10.2. The summed E-state index contributed by atoms with van der Waals surface area (Å²) < 4.78 is 38.1. The van der Waals surface area contributed by atoms with Crippen LogP contribution in [0.2, 0.25) is 0 Å². The van der Waals surface area contributed by atoms with Crippen LogP contribution in [0, 0.1) is 5.82 Å². The predicted molar refractivity (Wildman–Crippen MR) is 63.2 cm³/mol. The molecular weight excluding hydrogens is 243 g/mol. The van der Waals surface area contributed by atoms with Gasteiger partial charge in [0.1, 0.15) is 5.82 Å². The van der Waals surface area contributed by atoms with Crippen LogP contribution in [-0.4, -0.2) is 31.1 Å². The molecule has 4 nitrogen and oxygen atoms in total. The molecule has 1 atom stereocenters. The van der Waals surface area contributed by atoms with Crippen molar-refractivity contribution < 1.29 is 12.8 Å². The fourth-order valence-corrected chi connectivity index (χ4v) is 3.73. The van der Waals surface area contributed by atoms with E-state index in [1.165, 1.54) is 16.4 Å². The second kappa shape index (κ2) is 4.72. The third-order valence-corrected chi connectivity index (χ3v) is 5.32. The number of hydrogen-bond acceptors (Lipinski definition) is 3. The fourth-order valence-electron chi connectivity index (χ4n) is 1.98. The van der Waals surface area contributed by atoms with E-state index in [-0.39, 0.29) is 12.4 Å². The van der Waals surface area contributed by atoms with Crippen molar-refractivity contribution in [1.82, 2.24) is 4.31 Å². The molecule has 6 heteroatoms. The van der Waals surface area contributed by atoms with Gasteiger partial charge in [-0.3, -0.25) is 0 Å². The molecule has 0 amide bonds. The Morgan fingerprint density at radius 3 is 2.53 bits per heavy atom. The Hall–Kier alpha value is -0.980. The molecule has 94 valence electrons. The molecule has 1 heterocycles.